The van der Waals surface area contributed by atoms with E-state index in [4.69, 9.17) is 19.9 Å². The Kier molecular flexibility index (Phi) is 5.52. The normalized spacial score (nSPS) is 24.2. The Labute approximate surface area is 124 Å². The lowest BCUT2D eigenvalue weighted by molar-refractivity contribution is -0.00461. The van der Waals surface area contributed by atoms with Crippen LogP contribution in [-0.4, -0.2) is 58.1 Å². The molecule has 0 amide bonds. The molecule has 2 N–H and O–H groups in total. The van der Waals surface area contributed by atoms with Gasteiger partial charge in [0, 0.05) is 39.9 Å². The molecule has 1 saturated heterocycles. The molecule has 3 unspecified atom stereocenters. The van der Waals surface area contributed by atoms with Gasteiger partial charge in [-0.3, -0.25) is 4.90 Å². The molecule has 118 valence electrons. The molecule has 2 rings (SSSR count). The summed E-state index contributed by atoms with van der Waals surface area (Å²) >= 11 is 0. The van der Waals surface area contributed by atoms with E-state index < -0.39 is 5.82 Å². The standard InChI is InChI=1S/C15H23FN2O3/c1-19-13-5-4-10(6-11(13)16)12(17)7-18-8-14(20-2)15(9-18)21-3/h4-6,12,14-15H,7-9,17H2,1-3H3. The summed E-state index contributed by atoms with van der Waals surface area (Å²) < 4.78 is 29.4. The second-order valence-electron chi connectivity index (χ2n) is 5.27. The van der Waals surface area contributed by atoms with E-state index in [0.29, 0.717) is 6.54 Å². The average Bonchev–Trinajstić information content (AvgIpc) is 2.89. The minimum Gasteiger partial charge on any atom is -0.494 e. The van der Waals surface area contributed by atoms with E-state index in [1.54, 1.807) is 26.4 Å². The van der Waals surface area contributed by atoms with Crippen molar-refractivity contribution < 1.29 is 18.6 Å². The van der Waals surface area contributed by atoms with Gasteiger partial charge in [0.05, 0.1) is 19.3 Å². The van der Waals surface area contributed by atoms with Crippen molar-refractivity contribution in [2.24, 2.45) is 5.73 Å². The first kappa shape index (κ1) is 16.2. The van der Waals surface area contributed by atoms with Gasteiger partial charge in [0.25, 0.3) is 0 Å². The molecule has 1 fully saturated rings. The van der Waals surface area contributed by atoms with Crippen molar-refractivity contribution in [1.29, 1.82) is 0 Å². The number of ether oxygens (including phenoxy) is 3. The first-order valence-electron chi connectivity index (χ1n) is 6.96. The minimum absolute atomic E-state index is 0.0507. The number of halogens is 1. The maximum atomic E-state index is 13.7. The molecule has 6 heteroatoms. The highest BCUT2D eigenvalue weighted by Crippen LogP contribution is 2.23. The van der Waals surface area contributed by atoms with Crippen molar-refractivity contribution in [2.45, 2.75) is 18.2 Å². The maximum Gasteiger partial charge on any atom is 0.165 e. The van der Waals surface area contributed by atoms with Gasteiger partial charge in [-0.1, -0.05) is 6.07 Å². The average molecular weight is 298 g/mol. The Bertz CT molecular complexity index is 460. The van der Waals surface area contributed by atoms with Crippen LogP contribution in [0.3, 0.4) is 0 Å². The number of nitrogens with zero attached hydrogens (tertiary/aromatic N) is 1. The molecular weight excluding hydrogens is 275 g/mol. The fourth-order valence-electron chi connectivity index (χ4n) is 2.72. The summed E-state index contributed by atoms with van der Waals surface area (Å²) in [6.07, 6.45) is 0.101. The molecular formula is C15H23FN2O3. The Balaban J connectivity index is 1.98. The van der Waals surface area contributed by atoms with E-state index in [1.807, 2.05) is 0 Å². The summed E-state index contributed by atoms with van der Waals surface area (Å²) in [5.74, 6) is -0.164. The fourth-order valence-corrected chi connectivity index (χ4v) is 2.72. The van der Waals surface area contributed by atoms with Crippen LogP contribution in [0.5, 0.6) is 5.75 Å². The van der Waals surface area contributed by atoms with Crippen molar-refractivity contribution in [3.05, 3.63) is 29.6 Å². The third-order valence-corrected chi connectivity index (χ3v) is 3.96. The van der Waals surface area contributed by atoms with Gasteiger partial charge in [0.2, 0.25) is 0 Å². The molecule has 21 heavy (non-hydrogen) atoms. The summed E-state index contributed by atoms with van der Waals surface area (Å²) in [6.45, 7) is 2.16. The van der Waals surface area contributed by atoms with E-state index in [0.717, 1.165) is 18.7 Å². The van der Waals surface area contributed by atoms with Gasteiger partial charge >= 0.3 is 0 Å². The lowest BCUT2D eigenvalue weighted by atomic mass is 10.1. The highest BCUT2D eigenvalue weighted by Gasteiger charge is 2.33. The molecule has 1 aliphatic heterocycles. The molecule has 1 aromatic carbocycles. The zero-order valence-corrected chi connectivity index (χ0v) is 12.7. The highest BCUT2D eigenvalue weighted by atomic mass is 19.1. The molecule has 3 atom stereocenters. The van der Waals surface area contributed by atoms with Gasteiger partial charge in [-0.15, -0.1) is 0 Å². The van der Waals surface area contributed by atoms with Crippen LogP contribution in [0.2, 0.25) is 0 Å². The Morgan fingerprint density at radius 1 is 1.24 bits per heavy atom. The number of methoxy groups -OCH3 is 3. The van der Waals surface area contributed by atoms with E-state index in [2.05, 4.69) is 4.90 Å². The molecule has 1 heterocycles. The predicted octanol–water partition coefficient (Wildman–Crippen LogP) is 1.18. The molecule has 0 saturated carbocycles. The quantitative estimate of drug-likeness (QED) is 0.854. The number of hydrogen-bond acceptors (Lipinski definition) is 5. The summed E-state index contributed by atoms with van der Waals surface area (Å²) in [7, 11) is 4.80. The topological polar surface area (TPSA) is 57.0 Å². The van der Waals surface area contributed by atoms with Crippen molar-refractivity contribution in [3.63, 3.8) is 0 Å². The van der Waals surface area contributed by atoms with E-state index in [-0.39, 0.29) is 24.0 Å². The third kappa shape index (κ3) is 3.71. The molecule has 5 nitrogen and oxygen atoms in total. The second-order valence-corrected chi connectivity index (χ2v) is 5.27. The van der Waals surface area contributed by atoms with E-state index in [1.165, 1.54) is 13.2 Å². The van der Waals surface area contributed by atoms with Gasteiger partial charge < -0.3 is 19.9 Å². The van der Waals surface area contributed by atoms with Crippen molar-refractivity contribution in [2.75, 3.05) is 41.0 Å². The van der Waals surface area contributed by atoms with Gasteiger partial charge in [-0.2, -0.15) is 0 Å². The van der Waals surface area contributed by atoms with Gasteiger partial charge in [0.1, 0.15) is 0 Å². The number of rotatable bonds is 6. The van der Waals surface area contributed by atoms with Gasteiger partial charge in [0.15, 0.2) is 11.6 Å². The number of likely N-dealkylation sites (tertiary alicyclic amines) is 1. The molecule has 0 aliphatic carbocycles. The summed E-state index contributed by atoms with van der Waals surface area (Å²) in [5.41, 5.74) is 6.93. The fraction of sp³-hybridized carbons (Fsp3) is 0.600. The van der Waals surface area contributed by atoms with E-state index >= 15 is 0 Å². The molecule has 0 radical (unpaired) electrons. The van der Waals surface area contributed by atoms with E-state index in [9.17, 15) is 4.39 Å². The molecule has 1 aromatic rings. The van der Waals surface area contributed by atoms with Gasteiger partial charge in [-0.25, -0.2) is 4.39 Å². The predicted molar refractivity (Wildman–Crippen MR) is 77.9 cm³/mol. The summed E-state index contributed by atoms with van der Waals surface area (Å²) in [5, 5.41) is 0. The monoisotopic (exact) mass is 298 g/mol. The smallest absolute Gasteiger partial charge is 0.165 e. The van der Waals surface area contributed by atoms with Crippen LogP contribution >= 0.6 is 0 Å². The first-order valence-corrected chi connectivity index (χ1v) is 6.96. The highest BCUT2D eigenvalue weighted by molar-refractivity contribution is 5.31. The lowest BCUT2D eigenvalue weighted by Gasteiger charge is -2.21. The molecule has 0 bridgehead atoms. The van der Waals surface area contributed by atoms with Crippen molar-refractivity contribution in [3.8, 4) is 5.75 Å². The molecule has 0 spiro atoms. The summed E-state index contributed by atoms with van der Waals surface area (Å²) in [4.78, 5) is 2.18. The van der Waals surface area contributed by atoms with Gasteiger partial charge in [-0.05, 0) is 17.7 Å². The Hall–Kier alpha value is -1.21. The number of nitrogens with two attached hydrogens (primary N) is 1. The lowest BCUT2D eigenvalue weighted by Crippen LogP contribution is -2.31. The van der Waals surface area contributed by atoms with Crippen molar-refractivity contribution in [1.82, 2.24) is 4.90 Å². The van der Waals surface area contributed by atoms with Crippen molar-refractivity contribution >= 4 is 0 Å². The second kappa shape index (κ2) is 7.17. The number of benzene rings is 1. The third-order valence-electron chi connectivity index (χ3n) is 3.96. The van der Waals surface area contributed by atoms with Crippen LogP contribution in [0, 0.1) is 5.82 Å². The van der Waals surface area contributed by atoms with Crippen LogP contribution in [0.1, 0.15) is 11.6 Å². The number of hydrogen-bond donors (Lipinski definition) is 1. The minimum atomic E-state index is -0.392. The summed E-state index contributed by atoms with van der Waals surface area (Å²) in [6, 6.07) is 4.56. The van der Waals surface area contributed by atoms with Crippen LogP contribution < -0.4 is 10.5 Å². The maximum absolute atomic E-state index is 13.7. The van der Waals surface area contributed by atoms with Crippen LogP contribution in [0.15, 0.2) is 18.2 Å². The van der Waals surface area contributed by atoms with Crippen LogP contribution in [0.4, 0.5) is 4.39 Å². The zero-order chi connectivity index (χ0) is 15.4. The molecule has 1 aliphatic rings. The Morgan fingerprint density at radius 2 is 1.86 bits per heavy atom. The molecule has 0 aromatic heterocycles. The SMILES string of the molecule is COc1ccc(C(N)CN2CC(OC)C(OC)C2)cc1F. The van der Waals surface area contributed by atoms with Crippen LogP contribution in [-0.2, 0) is 9.47 Å². The largest absolute Gasteiger partial charge is 0.494 e. The Morgan fingerprint density at radius 3 is 2.33 bits per heavy atom. The van der Waals surface area contributed by atoms with Crippen LogP contribution in [0.25, 0.3) is 0 Å². The first-order chi connectivity index (χ1) is 10.1. The zero-order valence-electron chi connectivity index (χ0n) is 12.7.